The van der Waals surface area contributed by atoms with Crippen LogP contribution < -0.4 is 5.32 Å². The smallest absolute Gasteiger partial charge is 0.326 e. The minimum atomic E-state index is -1.27. The van der Waals surface area contributed by atoms with Gasteiger partial charge in [-0.1, -0.05) is 6.07 Å². The van der Waals surface area contributed by atoms with Crippen LogP contribution in [-0.4, -0.2) is 23.0 Å². The fourth-order valence-corrected chi connectivity index (χ4v) is 1.71. The van der Waals surface area contributed by atoms with Gasteiger partial charge < -0.3 is 10.4 Å². The lowest BCUT2D eigenvalue weighted by Crippen LogP contribution is -2.42. The molecule has 1 saturated carbocycles. The van der Waals surface area contributed by atoms with Crippen LogP contribution >= 0.6 is 0 Å². The van der Waals surface area contributed by atoms with Gasteiger partial charge in [-0.25, -0.2) is 13.6 Å². The number of amides is 1. The minimum Gasteiger partial charge on any atom is -0.480 e. The monoisotopic (exact) mass is 255 g/mol. The second kappa shape index (κ2) is 4.72. The van der Waals surface area contributed by atoms with Gasteiger partial charge in [0.05, 0.1) is 5.56 Å². The number of carboxylic acids is 1. The van der Waals surface area contributed by atoms with Gasteiger partial charge in [0.15, 0.2) is 11.6 Å². The first-order chi connectivity index (χ1) is 8.50. The van der Waals surface area contributed by atoms with Crippen molar-refractivity contribution in [3.8, 4) is 0 Å². The molecule has 18 heavy (non-hydrogen) atoms. The minimum absolute atomic E-state index is 0.122. The van der Waals surface area contributed by atoms with Gasteiger partial charge in [-0.2, -0.15) is 0 Å². The normalized spacial score (nSPS) is 16.1. The van der Waals surface area contributed by atoms with E-state index >= 15 is 0 Å². The van der Waals surface area contributed by atoms with Crippen molar-refractivity contribution in [3.63, 3.8) is 0 Å². The van der Waals surface area contributed by atoms with Crippen LogP contribution in [0.15, 0.2) is 18.2 Å². The summed E-state index contributed by atoms with van der Waals surface area (Å²) in [7, 11) is 0. The Morgan fingerprint density at radius 1 is 1.33 bits per heavy atom. The zero-order valence-electron chi connectivity index (χ0n) is 9.32. The first-order valence-electron chi connectivity index (χ1n) is 5.48. The Morgan fingerprint density at radius 3 is 2.56 bits per heavy atom. The lowest BCUT2D eigenvalue weighted by atomic mass is 10.1. The maximum absolute atomic E-state index is 13.3. The highest BCUT2D eigenvalue weighted by Gasteiger charge is 2.37. The van der Waals surface area contributed by atoms with E-state index in [1.54, 1.807) is 0 Å². The lowest BCUT2D eigenvalue weighted by Gasteiger charge is -2.13. The number of hydrogen-bond donors (Lipinski definition) is 2. The van der Waals surface area contributed by atoms with E-state index in [9.17, 15) is 18.4 Å². The van der Waals surface area contributed by atoms with Crippen molar-refractivity contribution in [1.82, 2.24) is 5.32 Å². The molecule has 0 heterocycles. The van der Waals surface area contributed by atoms with E-state index in [4.69, 9.17) is 5.11 Å². The number of carboxylic acid groups (broad SMARTS) is 1. The standard InChI is InChI=1S/C12H11F2NO3/c13-8-3-1-2-7(9(8)14)11(16)15-10(12(17)18)6-4-5-6/h1-3,6,10H,4-5H2,(H,15,16)(H,17,18). The molecule has 1 aromatic carbocycles. The number of hydrogen-bond acceptors (Lipinski definition) is 2. The zero-order chi connectivity index (χ0) is 13.3. The summed E-state index contributed by atoms with van der Waals surface area (Å²) < 4.78 is 26.3. The van der Waals surface area contributed by atoms with Gasteiger partial charge in [0.1, 0.15) is 6.04 Å². The molecule has 0 spiro atoms. The molecule has 2 rings (SSSR count). The molecule has 1 aliphatic rings. The zero-order valence-corrected chi connectivity index (χ0v) is 9.32. The summed E-state index contributed by atoms with van der Waals surface area (Å²) in [4.78, 5) is 22.6. The third-order valence-corrected chi connectivity index (χ3v) is 2.84. The topological polar surface area (TPSA) is 66.4 Å². The quantitative estimate of drug-likeness (QED) is 0.858. The molecule has 0 aliphatic heterocycles. The molecule has 2 N–H and O–H groups in total. The fraction of sp³-hybridized carbons (Fsp3) is 0.333. The van der Waals surface area contributed by atoms with Gasteiger partial charge >= 0.3 is 5.97 Å². The third kappa shape index (κ3) is 2.47. The van der Waals surface area contributed by atoms with Crippen molar-refractivity contribution in [3.05, 3.63) is 35.4 Å². The van der Waals surface area contributed by atoms with E-state index in [0.717, 1.165) is 12.1 Å². The number of carbonyl (C=O) groups is 2. The van der Waals surface area contributed by atoms with E-state index in [1.807, 2.05) is 0 Å². The van der Waals surface area contributed by atoms with E-state index in [2.05, 4.69) is 5.32 Å². The van der Waals surface area contributed by atoms with Gasteiger partial charge in [0, 0.05) is 0 Å². The first kappa shape index (κ1) is 12.5. The van der Waals surface area contributed by atoms with Crippen molar-refractivity contribution >= 4 is 11.9 Å². The molecule has 1 aliphatic carbocycles. The maximum Gasteiger partial charge on any atom is 0.326 e. The van der Waals surface area contributed by atoms with Crippen molar-refractivity contribution in [1.29, 1.82) is 0 Å². The molecule has 1 amide bonds. The molecule has 0 radical (unpaired) electrons. The predicted octanol–water partition coefficient (Wildman–Crippen LogP) is 1.56. The maximum atomic E-state index is 13.3. The molecule has 1 atom stereocenters. The summed E-state index contributed by atoms with van der Waals surface area (Å²) in [5, 5.41) is 11.1. The first-order valence-corrected chi connectivity index (χ1v) is 5.48. The summed E-state index contributed by atoms with van der Waals surface area (Å²) in [6.45, 7) is 0. The Balaban J connectivity index is 2.16. The third-order valence-electron chi connectivity index (χ3n) is 2.84. The molecule has 96 valence electrons. The average Bonchev–Trinajstić information content (AvgIpc) is 3.13. The Morgan fingerprint density at radius 2 is 2.00 bits per heavy atom. The molecule has 0 aromatic heterocycles. The molecule has 1 aromatic rings. The SMILES string of the molecule is O=C(NC(C(=O)O)C1CC1)c1cccc(F)c1F. The van der Waals surface area contributed by atoms with Crippen molar-refractivity contribution in [2.24, 2.45) is 5.92 Å². The van der Waals surface area contributed by atoms with Crippen LogP contribution in [0.1, 0.15) is 23.2 Å². The molecule has 4 nitrogen and oxygen atoms in total. The molecule has 0 saturated heterocycles. The number of rotatable bonds is 4. The van der Waals surface area contributed by atoms with Crippen molar-refractivity contribution in [2.45, 2.75) is 18.9 Å². The summed E-state index contributed by atoms with van der Waals surface area (Å²) in [6, 6.07) is 2.15. The molecule has 6 heteroatoms. The molecular formula is C12H11F2NO3. The number of halogens is 2. The van der Waals surface area contributed by atoms with Gasteiger partial charge in [-0.3, -0.25) is 4.79 Å². The Bertz CT molecular complexity index is 500. The van der Waals surface area contributed by atoms with E-state index in [0.29, 0.717) is 12.8 Å². The Hall–Kier alpha value is -1.98. The average molecular weight is 255 g/mol. The lowest BCUT2D eigenvalue weighted by molar-refractivity contribution is -0.139. The highest BCUT2D eigenvalue weighted by atomic mass is 19.2. The summed E-state index contributed by atoms with van der Waals surface area (Å²) in [6.07, 6.45) is 1.42. The number of carbonyl (C=O) groups excluding carboxylic acids is 1. The molecule has 0 bridgehead atoms. The Kier molecular flexibility index (Phi) is 3.27. The van der Waals surface area contributed by atoms with Crippen LogP contribution in [0.4, 0.5) is 8.78 Å². The largest absolute Gasteiger partial charge is 0.480 e. The molecule has 1 unspecified atom stereocenters. The number of benzene rings is 1. The van der Waals surface area contributed by atoms with E-state index in [-0.39, 0.29) is 5.92 Å². The van der Waals surface area contributed by atoms with E-state index < -0.39 is 35.1 Å². The van der Waals surface area contributed by atoms with Gasteiger partial charge in [0.2, 0.25) is 0 Å². The highest BCUT2D eigenvalue weighted by molar-refractivity contribution is 5.97. The highest BCUT2D eigenvalue weighted by Crippen LogP contribution is 2.32. The second-order valence-corrected chi connectivity index (χ2v) is 4.23. The van der Waals surface area contributed by atoms with Crippen LogP contribution in [0, 0.1) is 17.6 Å². The summed E-state index contributed by atoms with van der Waals surface area (Å²) in [5.41, 5.74) is -0.484. The van der Waals surface area contributed by atoms with Crippen LogP contribution in [-0.2, 0) is 4.79 Å². The van der Waals surface area contributed by atoms with Gasteiger partial charge in [-0.05, 0) is 30.9 Å². The van der Waals surface area contributed by atoms with Crippen LogP contribution in [0.3, 0.4) is 0 Å². The second-order valence-electron chi connectivity index (χ2n) is 4.23. The van der Waals surface area contributed by atoms with Gasteiger partial charge in [-0.15, -0.1) is 0 Å². The van der Waals surface area contributed by atoms with Crippen LogP contribution in [0.5, 0.6) is 0 Å². The molecular weight excluding hydrogens is 244 g/mol. The number of aliphatic carboxylic acids is 1. The van der Waals surface area contributed by atoms with E-state index in [1.165, 1.54) is 6.07 Å². The summed E-state index contributed by atoms with van der Waals surface area (Å²) in [5.74, 6) is -4.60. The van der Waals surface area contributed by atoms with Crippen LogP contribution in [0.25, 0.3) is 0 Å². The number of nitrogens with one attached hydrogen (secondary N) is 1. The Labute approximate surface area is 102 Å². The molecule has 1 fully saturated rings. The fourth-order valence-electron chi connectivity index (χ4n) is 1.71. The van der Waals surface area contributed by atoms with Crippen molar-refractivity contribution < 1.29 is 23.5 Å². The van der Waals surface area contributed by atoms with Crippen molar-refractivity contribution in [2.75, 3.05) is 0 Å². The van der Waals surface area contributed by atoms with Gasteiger partial charge in [0.25, 0.3) is 5.91 Å². The van der Waals surface area contributed by atoms with Crippen LogP contribution in [0.2, 0.25) is 0 Å². The predicted molar refractivity (Wildman–Crippen MR) is 58.0 cm³/mol. The summed E-state index contributed by atoms with van der Waals surface area (Å²) >= 11 is 0.